The summed E-state index contributed by atoms with van der Waals surface area (Å²) in [5, 5.41) is 0. The molecule has 212 valence electrons. The third-order valence-corrected chi connectivity index (χ3v) is 11.5. The van der Waals surface area contributed by atoms with Gasteiger partial charge < -0.3 is 14.2 Å². The molecule has 9 atom stereocenters. The molecular weight excluding hydrogens is 476 g/mol. The zero-order chi connectivity index (χ0) is 27.2. The first kappa shape index (κ1) is 27.8. The Hall–Kier alpha value is -1.78. The van der Waals surface area contributed by atoms with E-state index >= 15 is 0 Å². The summed E-state index contributed by atoms with van der Waals surface area (Å²) in [5.74, 6) is 4.11. The van der Waals surface area contributed by atoms with E-state index in [0.717, 1.165) is 43.9 Å². The zero-order valence-electron chi connectivity index (χ0n) is 24.6. The summed E-state index contributed by atoms with van der Waals surface area (Å²) >= 11 is 0. The van der Waals surface area contributed by atoms with Crippen LogP contribution in [0, 0.1) is 40.4 Å². The highest BCUT2D eigenvalue weighted by molar-refractivity contribution is 5.69. The van der Waals surface area contributed by atoms with E-state index < -0.39 is 0 Å². The second kappa shape index (κ2) is 10.7. The first-order valence-corrected chi connectivity index (χ1v) is 15.5. The molecule has 0 aromatic carbocycles. The molecule has 9 unspecified atom stereocenters. The van der Waals surface area contributed by atoms with Crippen LogP contribution < -0.4 is 0 Å². The fourth-order valence-electron chi connectivity index (χ4n) is 9.38. The average Bonchev–Trinajstić information content (AvgIpc) is 3.38. The van der Waals surface area contributed by atoms with Gasteiger partial charge in [-0.2, -0.15) is 0 Å². The monoisotopic (exact) mass is 526 g/mol. The van der Waals surface area contributed by atoms with E-state index in [9.17, 15) is 9.59 Å². The number of allylic oxidation sites excluding steroid dienone is 2. The lowest BCUT2D eigenvalue weighted by molar-refractivity contribution is -0.151. The minimum absolute atomic E-state index is 0.0593. The first-order chi connectivity index (χ1) is 18.1. The predicted octanol–water partition coefficient (Wildman–Crippen LogP) is 7.54. The van der Waals surface area contributed by atoms with Crippen molar-refractivity contribution in [2.45, 2.75) is 124 Å². The van der Waals surface area contributed by atoms with Crippen molar-refractivity contribution in [1.29, 1.82) is 0 Å². The summed E-state index contributed by atoms with van der Waals surface area (Å²) < 4.78 is 17.9. The quantitative estimate of drug-likeness (QED) is 0.241. The molecular formula is C33H50O5. The SMILES string of the molecule is CCC(=O)OCC(C)CCC1=C(C)C2C(CC3C4CC=C5CC(OC(=O)CC)CCC5(C)C4CCC32C)O1. The molecule has 5 rings (SSSR count). The van der Waals surface area contributed by atoms with Crippen LogP contribution in [0.1, 0.15) is 112 Å². The maximum atomic E-state index is 11.9. The van der Waals surface area contributed by atoms with Crippen molar-refractivity contribution in [3.8, 4) is 0 Å². The second-order valence-electron chi connectivity index (χ2n) is 13.7. The van der Waals surface area contributed by atoms with Crippen LogP contribution in [0.25, 0.3) is 0 Å². The van der Waals surface area contributed by atoms with Crippen molar-refractivity contribution in [2.24, 2.45) is 40.4 Å². The number of hydrogen-bond donors (Lipinski definition) is 0. The molecule has 3 fully saturated rings. The van der Waals surface area contributed by atoms with Crippen LogP contribution in [-0.4, -0.2) is 30.8 Å². The highest BCUT2D eigenvalue weighted by Gasteiger charge is 2.63. The molecule has 0 bridgehead atoms. The van der Waals surface area contributed by atoms with Gasteiger partial charge in [0, 0.05) is 31.6 Å². The Bertz CT molecular complexity index is 995. The maximum absolute atomic E-state index is 11.9. The molecule has 38 heavy (non-hydrogen) atoms. The van der Waals surface area contributed by atoms with Gasteiger partial charge >= 0.3 is 11.9 Å². The summed E-state index contributed by atoms with van der Waals surface area (Å²) in [4.78, 5) is 23.4. The standard InChI is InChI=1S/C33H50O5/c1-7-29(34)36-19-20(3)9-12-27-21(4)31-28(38-27)18-26-24-11-10-22-17-23(37-30(35)8-2)13-15-32(22,5)25(24)14-16-33(26,31)6/h10,20,23-26,28,31H,7-9,11-19H2,1-6H3. The molecule has 5 heteroatoms. The van der Waals surface area contributed by atoms with Crippen LogP contribution in [0.3, 0.4) is 0 Å². The largest absolute Gasteiger partial charge is 0.494 e. The van der Waals surface area contributed by atoms with Crippen molar-refractivity contribution in [3.05, 3.63) is 23.0 Å². The van der Waals surface area contributed by atoms with Crippen LogP contribution in [0.2, 0.25) is 0 Å². The zero-order valence-corrected chi connectivity index (χ0v) is 24.6. The maximum Gasteiger partial charge on any atom is 0.305 e. The van der Waals surface area contributed by atoms with Crippen molar-refractivity contribution >= 4 is 11.9 Å². The van der Waals surface area contributed by atoms with Gasteiger partial charge in [-0.25, -0.2) is 0 Å². The molecule has 0 amide bonds. The number of rotatable bonds is 8. The normalized spacial score (nSPS) is 40.2. The van der Waals surface area contributed by atoms with E-state index in [1.807, 2.05) is 13.8 Å². The molecule has 0 radical (unpaired) electrons. The van der Waals surface area contributed by atoms with Gasteiger partial charge in [-0.1, -0.05) is 46.3 Å². The lowest BCUT2D eigenvalue weighted by Gasteiger charge is -2.58. The van der Waals surface area contributed by atoms with Crippen LogP contribution in [0.4, 0.5) is 0 Å². The highest BCUT2D eigenvalue weighted by Crippen LogP contribution is 2.69. The van der Waals surface area contributed by atoms with Gasteiger partial charge in [-0.3, -0.25) is 9.59 Å². The number of esters is 2. The van der Waals surface area contributed by atoms with Crippen molar-refractivity contribution in [1.82, 2.24) is 0 Å². The smallest absolute Gasteiger partial charge is 0.305 e. The van der Waals surface area contributed by atoms with Crippen molar-refractivity contribution in [2.75, 3.05) is 6.61 Å². The van der Waals surface area contributed by atoms with Gasteiger partial charge in [0.25, 0.3) is 0 Å². The Morgan fingerprint density at radius 2 is 1.87 bits per heavy atom. The van der Waals surface area contributed by atoms with E-state index in [4.69, 9.17) is 14.2 Å². The van der Waals surface area contributed by atoms with Gasteiger partial charge in [0.05, 0.1) is 12.4 Å². The molecule has 0 aromatic heterocycles. The van der Waals surface area contributed by atoms with Gasteiger partial charge in [0.1, 0.15) is 12.2 Å². The molecule has 0 aromatic rings. The molecule has 5 aliphatic rings. The first-order valence-electron chi connectivity index (χ1n) is 15.5. The summed E-state index contributed by atoms with van der Waals surface area (Å²) in [5.41, 5.74) is 3.63. The van der Waals surface area contributed by atoms with Crippen LogP contribution in [-0.2, 0) is 23.8 Å². The molecule has 0 saturated heterocycles. The fourth-order valence-corrected chi connectivity index (χ4v) is 9.38. The molecule has 1 heterocycles. The minimum Gasteiger partial charge on any atom is -0.494 e. The third-order valence-electron chi connectivity index (χ3n) is 11.5. The fraction of sp³-hybridized carbons (Fsp3) is 0.818. The van der Waals surface area contributed by atoms with Crippen molar-refractivity contribution in [3.63, 3.8) is 0 Å². The third kappa shape index (κ3) is 4.74. The number of fused-ring (bicyclic) bond motifs is 7. The van der Waals surface area contributed by atoms with E-state index in [-0.39, 0.29) is 23.5 Å². The second-order valence-corrected chi connectivity index (χ2v) is 13.7. The lowest BCUT2D eigenvalue weighted by Crippen LogP contribution is -2.50. The Morgan fingerprint density at radius 1 is 1.11 bits per heavy atom. The molecule has 0 spiro atoms. The summed E-state index contributed by atoms with van der Waals surface area (Å²) in [6.07, 6.45) is 13.8. The van der Waals surface area contributed by atoms with Gasteiger partial charge in [-0.15, -0.1) is 0 Å². The van der Waals surface area contributed by atoms with Gasteiger partial charge in [0.2, 0.25) is 0 Å². The predicted molar refractivity (Wildman–Crippen MR) is 148 cm³/mol. The van der Waals surface area contributed by atoms with Crippen LogP contribution in [0.5, 0.6) is 0 Å². The molecule has 5 nitrogen and oxygen atoms in total. The van der Waals surface area contributed by atoms with Crippen LogP contribution >= 0.6 is 0 Å². The van der Waals surface area contributed by atoms with Crippen LogP contribution in [0.15, 0.2) is 23.0 Å². The highest BCUT2D eigenvalue weighted by atomic mass is 16.5. The Balaban J connectivity index is 1.26. The van der Waals surface area contributed by atoms with Crippen molar-refractivity contribution < 1.29 is 23.8 Å². The number of carbonyl (C=O) groups is 2. The number of ether oxygens (including phenoxy) is 3. The molecule has 0 N–H and O–H groups in total. The summed E-state index contributed by atoms with van der Waals surface area (Å²) in [7, 11) is 0. The average molecular weight is 527 g/mol. The van der Waals surface area contributed by atoms with E-state index in [0.29, 0.717) is 48.7 Å². The Labute approximate surface area is 230 Å². The van der Waals surface area contributed by atoms with E-state index in [2.05, 4.69) is 33.8 Å². The minimum atomic E-state index is -0.111. The molecule has 3 saturated carbocycles. The van der Waals surface area contributed by atoms with Gasteiger partial charge in [0.15, 0.2) is 0 Å². The summed E-state index contributed by atoms with van der Waals surface area (Å²) in [6, 6.07) is 0. The summed E-state index contributed by atoms with van der Waals surface area (Å²) in [6.45, 7) is 13.8. The Morgan fingerprint density at radius 3 is 2.61 bits per heavy atom. The van der Waals surface area contributed by atoms with E-state index in [1.165, 1.54) is 37.0 Å². The number of carbonyl (C=O) groups excluding carboxylic acids is 2. The molecule has 1 aliphatic heterocycles. The lowest BCUT2D eigenvalue weighted by atomic mass is 9.47. The van der Waals surface area contributed by atoms with E-state index in [1.54, 1.807) is 5.57 Å². The van der Waals surface area contributed by atoms with Gasteiger partial charge in [-0.05, 0) is 91.9 Å². The topological polar surface area (TPSA) is 61.8 Å². The number of hydrogen-bond acceptors (Lipinski definition) is 5. The Kier molecular flexibility index (Phi) is 7.79. The molecule has 4 aliphatic carbocycles.